The molecule has 3 atom stereocenters. The summed E-state index contributed by atoms with van der Waals surface area (Å²) in [5, 5.41) is 0. The second-order valence-corrected chi connectivity index (χ2v) is 4.16. The molecule has 1 heterocycles. The highest BCUT2D eigenvalue weighted by Gasteiger charge is 2.49. The Morgan fingerprint density at radius 2 is 2.45 bits per heavy atom. The summed E-state index contributed by atoms with van der Waals surface area (Å²) in [5.74, 6) is 1.83. The van der Waals surface area contributed by atoms with E-state index in [1.54, 1.807) is 0 Å². The molecule has 0 N–H and O–H groups in total. The standard InChI is InChI=1S/C10H13N/c1-6-2-3-7-8-5-10(8)11-9(7)4-6/h4,7-8,10H,2-3,5H2,1H3. The van der Waals surface area contributed by atoms with Crippen molar-refractivity contribution in [1.29, 1.82) is 0 Å². The van der Waals surface area contributed by atoms with E-state index in [1.807, 2.05) is 0 Å². The molecule has 3 aliphatic rings. The van der Waals surface area contributed by atoms with Crippen molar-refractivity contribution < 1.29 is 0 Å². The van der Waals surface area contributed by atoms with Gasteiger partial charge in [0.15, 0.2) is 0 Å². The van der Waals surface area contributed by atoms with Gasteiger partial charge in [0.1, 0.15) is 0 Å². The SMILES string of the molecule is CC1=CC2=NC3CC3C2CC1. The van der Waals surface area contributed by atoms with E-state index in [4.69, 9.17) is 0 Å². The number of hydrogen-bond donors (Lipinski definition) is 0. The topological polar surface area (TPSA) is 12.4 Å². The Labute approximate surface area is 67.2 Å². The third-order valence-electron chi connectivity index (χ3n) is 3.26. The molecule has 3 rings (SSSR count). The molecular formula is C10H13N. The Bertz CT molecular complexity index is 262. The summed E-state index contributed by atoms with van der Waals surface area (Å²) in [6.07, 6.45) is 6.40. The Kier molecular flexibility index (Phi) is 0.961. The maximum absolute atomic E-state index is 4.68. The van der Waals surface area contributed by atoms with Gasteiger partial charge in [-0.05, 0) is 38.2 Å². The normalized spacial score (nSPS) is 45.7. The Morgan fingerprint density at radius 3 is 3.36 bits per heavy atom. The van der Waals surface area contributed by atoms with E-state index in [2.05, 4.69) is 18.0 Å². The molecule has 0 aromatic heterocycles. The van der Waals surface area contributed by atoms with Gasteiger partial charge in [0.05, 0.1) is 6.04 Å². The predicted octanol–water partition coefficient (Wildman–Crippen LogP) is 2.19. The summed E-state index contributed by atoms with van der Waals surface area (Å²) in [6.45, 7) is 2.22. The van der Waals surface area contributed by atoms with Crippen molar-refractivity contribution in [3.05, 3.63) is 11.6 Å². The van der Waals surface area contributed by atoms with Crippen molar-refractivity contribution in [2.24, 2.45) is 16.8 Å². The fraction of sp³-hybridized carbons (Fsp3) is 0.700. The maximum atomic E-state index is 4.68. The van der Waals surface area contributed by atoms with Crippen LogP contribution in [0, 0.1) is 11.8 Å². The lowest BCUT2D eigenvalue weighted by Gasteiger charge is -2.18. The van der Waals surface area contributed by atoms with Crippen LogP contribution in [0.5, 0.6) is 0 Å². The molecule has 1 nitrogen and oxygen atoms in total. The van der Waals surface area contributed by atoms with E-state index in [-0.39, 0.29) is 0 Å². The molecule has 58 valence electrons. The maximum Gasteiger partial charge on any atom is 0.0542 e. The van der Waals surface area contributed by atoms with Crippen LogP contribution in [-0.4, -0.2) is 11.8 Å². The third-order valence-corrected chi connectivity index (χ3v) is 3.26. The van der Waals surface area contributed by atoms with Crippen LogP contribution >= 0.6 is 0 Å². The smallest absolute Gasteiger partial charge is 0.0542 e. The van der Waals surface area contributed by atoms with Gasteiger partial charge >= 0.3 is 0 Å². The number of nitrogens with zero attached hydrogens (tertiary/aromatic N) is 1. The van der Waals surface area contributed by atoms with Crippen molar-refractivity contribution in [2.45, 2.75) is 32.2 Å². The first kappa shape index (κ1) is 5.99. The first-order valence-electron chi connectivity index (χ1n) is 4.59. The average molecular weight is 147 g/mol. The summed E-state index contributed by atoms with van der Waals surface area (Å²) in [5.41, 5.74) is 2.95. The van der Waals surface area contributed by atoms with Crippen molar-refractivity contribution in [2.75, 3.05) is 0 Å². The van der Waals surface area contributed by atoms with Gasteiger partial charge in [-0.3, -0.25) is 4.99 Å². The third kappa shape index (κ3) is 0.741. The van der Waals surface area contributed by atoms with E-state index in [9.17, 15) is 0 Å². The fourth-order valence-electron chi connectivity index (χ4n) is 2.50. The molecule has 0 aromatic carbocycles. The minimum Gasteiger partial charge on any atom is -0.286 e. The van der Waals surface area contributed by atoms with Gasteiger partial charge in [-0.2, -0.15) is 0 Å². The first-order valence-corrected chi connectivity index (χ1v) is 4.59. The molecule has 1 aliphatic heterocycles. The molecule has 0 aromatic rings. The van der Waals surface area contributed by atoms with Crippen molar-refractivity contribution in [1.82, 2.24) is 0 Å². The number of fused-ring (bicyclic) bond motifs is 3. The minimum atomic E-state index is 0.747. The zero-order chi connectivity index (χ0) is 7.42. The highest BCUT2D eigenvalue weighted by Crippen LogP contribution is 2.50. The predicted molar refractivity (Wildman–Crippen MR) is 45.8 cm³/mol. The molecule has 0 bridgehead atoms. The quantitative estimate of drug-likeness (QED) is 0.498. The van der Waals surface area contributed by atoms with Gasteiger partial charge in [-0.25, -0.2) is 0 Å². The van der Waals surface area contributed by atoms with Crippen LogP contribution in [0.15, 0.2) is 16.6 Å². The monoisotopic (exact) mass is 147 g/mol. The van der Waals surface area contributed by atoms with Crippen LogP contribution in [0.3, 0.4) is 0 Å². The van der Waals surface area contributed by atoms with Gasteiger partial charge in [0.2, 0.25) is 0 Å². The Morgan fingerprint density at radius 1 is 1.55 bits per heavy atom. The van der Waals surface area contributed by atoms with Crippen LogP contribution in [0.2, 0.25) is 0 Å². The van der Waals surface area contributed by atoms with E-state index >= 15 is 0 Å². The van der Waals surface area contributed by atoms with Gasteiger partial charge in [0.25, 0.3) is 0 Å². The van der Waals surface area contributed by atoms with Crippen molar-refractivity contribution >= 4 is 5.71 Å². The second-order valence-electron chi connectivity index (χ2n) is 4.16. The van der Waals surface area contributed by atoms with E-state index in [0.717, 1.165) is 17.9 Å². The lowest BCUT2D eigenvalue weighted by Crippen LogP contribution is -2.15. The number of rotatable bonds is 0. The van der Waals surface area contributed by atoms with E-state index < -0.39 is 0 Å². The van der Waals surface area contributed by atoms with Crippen LogP contribution in [0.4, 0.5) is 0 Å². The van der Waals surface area contributed by atoms with E-state index in [0.29, 0.717) is 0 Å². The fourth-order valence-corrected chi connectivity index (χ4v) is 2.50. The lowest BCUT2D eigenvalue weighted by atomic mass is 9.86. The van der Waals surface area contributed by atoms with Crippen LogP contribution in [0.1, 0.15) is 26.2 Å². The number of hydrogen-bond acceptors (Lipinski definition) is 1. The molecule has 0 radical (unpaired) electrons. The Hall–Kier alpha value is -0.590. The van der Waals surface area contributed by atoms with Gasteiger partial charge < -0.3 is 0 Å². The second kappa shape index (κ2) is 1.77. The summed E-state index contributed by atoms with van der Waals surface area (Å²) < 4.78 is 0. The molecule has 0 spiro atoms. The zero-order valence-corrected chi connectivity index (χ0v) is 6.88. The highest BCUT2D eigenvalue weighted by atomic mass is 14.9. The minimum absolute atomic E-state index is 0.747. The highest BCUT2D eigenvalue weighted by molar-refractivity contribution is 6.00. The molecule has 0 saturated heterocycles. The summed E-state index contributed by atoms with van der Waals surface area (Å²) >= 11 is 0. The van der Waals surface area contributed by atoms with Crippen LogP contribution in [-0.2, 0) is 0 Å². The van der Waals surface area contributed by atoms with Gasteiger partial charge in [-0.1, -0.05) is 5.57 Å². The Balaban J connectivity index is 1.99. The van der Waals surface area contributed by atoms with E-state index in [1.165, 1.54) is 30.5 Å². The van der Waals surface area contributed by atoms with Crippen molar-refractivity contribution in [3.63, 3.8) is 0 Å². The molecular weight excluding hydrogens is 134 g/mol. The molecule has 0 amide bonds. The molecule has 2 aliphatic carbocycles. The van der Waals surface area contributed by atoms with Crippen LogP contribution in [0.25, 0.3) is 0 Å². The number of aliphatic imine (C=N–C) groups is 1. The lowest BCUT2D eigenvalue weighted by molar-refractivity contribution is 0.558. The number of allylic oxidation sites excluding steroid dienone is 2. The first-order chi connectivity index (χ1) is 5.34. The summed E-state index contributed by atoms with van der Waals surface area (Å²) in [6, 6.07) is 0.747. The van der Waals surface area contributed by atoms with Gasteiger partial charge in [0, 0.05) is 11.6 Å². The molecule has 11 heavy (non-hydrogen) atoms. The summed E-state index contributed by atoms with van der Waals surface area (Å²) in [4.78, 5) is 4.68. The average Bonchev–Trinajstić information content (AvgIpc) is 2.63. The summed E-state index contributed by atoms with van der Waals surface area (Å²) in [7, 11) is 0. The molecule has 1 fully saturated rings. The zero-order valence-electron chi connectivity index (χ0n) is 6.88. The van der Waals surface area contributed by atoms with Crippen LogP contribution < -0.4 is 0 Å². The molecule has 1 heteroatoms. The molecule has 3 unspecified atom stereocenters. The largest absolute Gasteiger partial charge is 0.286 e. The van der Waals surface area contributed by atoms with Gasteiger partial charge in [-0.15, -0.1) is 0 Å². The molecule has 1 saturated carbocycles. The van der Waals surface area contributed by atoms with Crippen molar-refractivity contribution in [3.8, 4) is 0 Å².